The lowest BCUT2D eigenvalue weighted by Crippen LogP contribution is -2.49. The molecule has 5 heteroatoms. The van der Waals surface area contributed by atoms with Gasteiger partial charge in [0, 0.05) is 32.7 Å². The molecule has 1 saturated carbocycles. The predicted molar refractivity (Wildman–Crippen MR) is 114 cm³/mol. The minimum absolute atomic E-state index is 0.520. The van der Waals surface area contributed by atoms with Crippen LogP contribution in [0.5, 0.6) is 0 Å². The highest BCUT2D eigenvalue weighted by Gasteiger charge is 2.54. The molecule has 0 spiro atoms. The van der Waals surface area contributed by atoms with Crippen molar-refractivity contribution in [1.29, 1.82) is 0 Å². The first-order valence-corrected chi connectivity index (χ1v) is 11.0. The van der Waals surface area contributed by atoms with E-state index in [0.717, 1.165) is 43.3 Å². The zero-order chi connectivity index (χ0) is 18.2. The number of guanidine groups is 1. The molecule has 0 bridgehead atoms. The lowest BCUT2D eigenvalue weighted by atomic mass is 10.0. The maximum absolute atomic E-state index is 4.47. The largest absolute Gasteiger partial charge is 0.363 e. The Labute approximate surface area is 165 Å². The molecule has 0 amide bonds. The molecule has 2 fully saturated rings. The second-order valence-corrected chi connectivity index (χ2v) is 8.99. The monoisotopic (exact) mass is 380 g/mol. The first-order chi connectivity index (χ1) is 13.3. The highest BCUT2D eigenvalue weighted by Crippen LogP contribution is 2.60. The number of fused-ring (bicyclic) bond motifs is 3. The average Bonchev–Trinajstić information content (AvgIpc) is 3.08. The summed E-state index contributed by atoms with van der Waals surface area (Å²) in [6, 6.07) is 13.9. The number of anilines is 1. The van der Waals surface area contributed by atoms with Crippen molar-refractivity contribution in [2.75, 3.05) is 31.6 Å². The van der Waals surface area contributed by atoms with Gasteiger partial charge in [-0.3, -0.25) is 4.99 Å². The number of thiophene rings is 1. The van der Waals surface area contributed by atoms with E-state index in [2.05, 4.69) is 62.3 Å². The fourth-order valence-corrected chi connectivity index (χ4v) is 5.84. The SMILES string of the molecule is CN=C(NCC1C2Cc3ccccc3C12)NC1CCN(c2cccs2)CC1. The molecule has 142 valence electrons. The van der Waals surface area contributed by atoms with Crippen molar-refractivity contribution in [3.05, 3.63) is 52.9 Å². The van der Waals surface area contributed by atoms with Crippen LogP contribution in [-0.4, -0.2) is 38.7 Å². The summed E-state index contributed by atoms with van der Waals surface area (Å²) in [5.74, 6) is 3.38. The molecule has 0 radical (unpaired) electrons. The van der Waals surface area contributed by atoms with Gasteiger partial charge in [-0.1, -0.05) is 24.3 Å². The summed E-state index contributed by atoms with van der Waals surface area (Å²) in [5, 5.41) is 10.8. The van der Waals surface area contributed by atoms with E-state index < -0.39 is 0 Å². The summed E-state index contributed by atoms with van der Waals surface area (Å²) < 4.78 is 0. The minimum atomic E-state index is 0.520. The van der Waals surface area contributed by atoms with E-state index in [1.54, 1.807) is 11.1 Å². The molecular formula is C22H28N4S. The predicted octanol–water partition coefficient (Wildman–Crippen LogP) is 3.47. The first kappa shape index (κ1) is 17.1. The molecule has 1 aromatic heterocycles. The fraction of sp³-hybridized carbons (Fsp3) is 0.500. The van der Waals surface area contributed by atoms with E-state index in [1.807, 2.05) is 18.4 Å². The second-order valence-electron chi connectivity index (χ2n) is 8.07. The van der Waals surface area contributed by atoms with E-state index in [1.165, 1.54) is 24.3 Å². The van der Waals surface area contributed by atoms with Gasteiger partial charge in [0.1, 0.15) is 0 Å². The van der Waals surface area contributed by atoms with E-state index in [4.69, 9.17) is 0 Å². The van der Waals surface area contributed by atoms with Crippen molar-refractivity contribution in [2.45, 2.75) is 31.2 Å². The molecule has 4 nitrogen and oxygen atoms in total. The molecule has 1 saturated heterocycles. The van der Waals surface area contributed by atoms with E-state index in [0.29, 0.717) is 6.04 Å². The van der Waals surface area contributed by atoms with Gasteiger partial charge in [0.15, 0.2) is 5.96 Å². The molecule has 2 N–H and O–H groups in total. The maximum Gasteiger partial charge on any atom is 0.191 e. The van der Waals surface area contributed by atoms with Crippen LogP contribution in [-0.2, 0) is 6.42 Å². The van der Waals surface area contributed by atoms with Crippen molar-refractivity contribution in [3.63, 3.8) is 0 Å². The number of hydrogen-bond acceptors (Lipinski definition) is 3. The Bertz CT molecular complexity index is 807. The zero-order valence-corrected chi connectivity index (χ0v) is 16.7. The van der Waals surface area contributed by atoms with E-state index in [-0.39, 0.29) is 0 Å². The van der Waals surface area contributed by atoms with Crippen LogP contribution in [0.1, 0.15) is 29.9 Å². The minimum Gasteiger partial charge on any atom is -0.363 e. The van der Waals surface area contributed by atoms with Crippen molar-refractivity contribution in [2.24, 2.45) is 16.8 Å². The molecule has 1 aliphatic heterocycles. The van der Waals surface area contributed by atoms with Crippen LogP contribution in [0.25, 0.3) is 0 Å². The molecule has 1 aromatic carbocycles. The van der Waals surface area contributed by atoms with Gasteiger partial charge in [0.2, 0.25) is 0 Å². The Morgan fingerprint density at radius 3 is 2.81 bits per heavy atom. The van der Waals surface area contributed by atoms with Gasteiger partial charge in [-0.2, -0.15) is 0 Å². The Morgan fingerprint density at radius 1 is 1.19 bits per heavy atom. The summed E-state index contributed by atoms with van der Waals surface area (Å²) >= 11 is 1.84. The number of aliphatic imine (C=N–C) groups is 1. The molecule has 3 atom stereocenters. The molecular weight excluding hydrogens is 352 g/mol. The standard InChI is InChI=1S/C22H28N4S/c1-23-22(25-16-8-10-26(11-9-16)20-7-4-12-27-20)24-14-19-18-13-15-5-2-3-6-17(15)21(18)19/h2-7,12,16,18-19,21H,8-11,13-14H2,1H3,(H2,23,24,25). The molecule has 5 rings (SSSR count). The fourth-order valence-electron chi connectivity index (χ4n) is 5.06. The van der Waals surface area contributed by atoms with Crippen molar-refractivity contribution >= 4 is 22.3 Å². The lowest BCUT2D eigenvalue weighted by molar-refractivity contribution is 0.462. The molecule has 2 aliphatic carbocycles. The van der Waals surface area contributed by atoms with Crippen molar-refractivity contribution in [3.8, 4) is 0 Å². The molecule has 3 aliphatic rings. The smallest absolute Gasteiger partial charge is 0.191 e. The van der Waals surface area contributed by atoms with Crippen LogP contribution in [0, 0.1) is 11.8 Å². The van der Waals surface area contributed by atoms with Gasteiger partial charge in [0.05, 0.1) is 5.00 Å². The third-order valence-corrected chi connectivity index (χ3v) is 7.51. The Hall–Kier alpha value is -2.01. The number of benzene rings is 1. The quantitative estimate of drug-likeness (QED) is 0.630. The van der Waals surface area contributed by atoms with Crippen LogP contribution >= 0.6 is 11.3 Å². The summed E-state index contributed by atoms with van der Waals surface area (Å²) in [6.07, 6.45) is 3.60. The first-order valence-electron chi connectivity index (χ1n) is 10.2. The van der Waals surface area contributed by atoms with E-state index >= 15 is 0 Å². The van der Waals surface area contributed by atoms with Gasteiger partial charge in [-0.25, -0.2) is 0 Å². The third kappa shape index (κ3) is 3.33. The normalized spacial score (nSPS) is 27.2. The Balaban J connectivity index is 1.09. The van der Waals surface area contributed by atoms with Crippen molar-refractivity contribution in [1.82, 2.24) is 10.6 Å². The van der Waals surface area contributed by atoms with Gasteiger partial charge in [-0.05, 0) is 65.7 Å². The van der Waals surface area contributed by atoms with Crippen LogP contribution in [0.4, 0.5) is 5.00 Å². The molecule has 27 heavy (non-hydrogen) atoms. The number of rotatable bonds is 4. The van der Waals surface area contributed by atoms with Crippen LogP contribution in [0.2, 0.25) is 0 Å². The Kier molecular flexibility index (Phi) is 4.56. The molecule has 2 aromatic rings. The molecule has 3 unspecified atom stereocenters. The highest BCUT2D eigenvalue weighted by atomic mass is 32.1. The van der Waals surface area contributed by atoms with Gasteiger partial charge in [-0.15, -0.1) is 11.3 Å². The zero-order valence-electron chi connectivity index (χ0n) is 15.9. The van der Waals surface area contributed by atoms with Crippen LogP contribution < -0.4 is 15.5 Å². The maximum atomic E-state index is 4.47. The lowest BCUT2D eigenvalue weighted by Gasteiger charge is -2.33. The second kappa shape index (κ2) is 7.19. The highest BCUT2D eigenvalue weighted by molar-refractivity contribution is 7.14. The number of piperidine rings is 1. The number of nitrogens with zero attached hydrogens (tertiary/aromatic N) is 2. The third-order valence-electron chi connectivity index (χ3n) is 6.58. The average molecular weight is 381 g/mol. The van der Waals surface area contributed by atoms with E-state index in [9.17, 15) is 0 Å². The van der Waals surface area contributed by atoms with Gasteiger partial charge < -0.3 is 15.5 Å². The van der Waals surface area contributed by atoms with Gasteiger partial charge in [0.25, 0.3) is 0 Å². The molecule has 2 heterocycles. The topological polar surface area (TPSA) is 39.7 Å². The van der Waals surface area contributed by atoms with Crippen LogP contribution in [0.15, 0.2) is 46.8 Å². The van der Waals surface area contributed by atoms with Crippen LogP contribution in [0.3, 0.4) is 0 Å². The summed E-state index contributed by atoms with van der Waals surface area (Å²) in [7, 11) is 1.89. The summed E-state index contributed by atoms with van der Waals surface area (Å²) in [6.45, 7) is 3.29. The van der Waals surface area contributed by atoms with Gasteiger partial charge >= 0.3 is 0 Å². The number of hydrogen-bond donors (Lipinski definition) is 2. The summed E-state index contributed by atoms with van der Waals surface area (Å²) in [4.78, 5) is 6.97. The Morgan fingerprint density at radius 2 is 2.04 bits per heavy atom. The summed E-state index contributed by atoms with van der Waals surface area (Å²) in [5.41, 5.74) is 3.17. The number of nitrogens with one attached hydrogen (secondary N) is 2. The van der Waals surface area contributed by atoms with Crippen molar-refractivity contribution < 1.29 is 0 Å².